The largest absolute Gasteiger partial charge is 0.325 e. The Morgan fingerprint density at radius 2 is 1.93 bits per heavy atom. The molecule has 0 spiro atoms. The summed E-state index contributed by atoms with van der Waals surface area (Å²) in [4.78, 5) is 26.9. The number of carbonyl (C=O) groups excluding carboxylic acids is 2. The van der Waals surface area contributed by atoms with Crippen LogP contribution in [0.4, 0.5) is 5.69 Å². The van der Waals surface area contributed by atoms with Gasteiger partial charge in [0.2, 0.25) is 5.91 Å². The van der Waals surface area contributed by atoms with Gasteiger partial charge in [0.25, 0.3) is 5.91 Å². The second-order valence-electron chi connectivity index (χ2n) is 6.02. The summed E-state index contributed by atoms with van der Waals surface area (Å²) in [6.07, 6.45) is 2.61. The van der Waals surface area contributed by atoms with E-state index >= 15 is 0 Å². The van der Waals surface area contributed by atoms with Crippen LogP contribution >= 0.6 is 51.5 Å². The van der Waals surface area contributed by atoms with E-state index in [1.807, 2.05) is 30.3 Å². The standard InChI is InChI=1S/C20H16BrClN2O2S2/c21-14-9-7-13(8-10-14)12-17-19(26)24(20(27)28-17)11-3-6-18(25)23-16-5-2-1-4-15(16)22/h1-2,4-5,7-10,12H,3,6,11H2,(H,23,25). The molecule has 0 radical (unpaired) electrons. The van der Waals surface area contributed by atoms with Gasteiger partial charge in [-0.15, -0.1) is 0 Å². The number of nitrogens with zero attached hydrogens (tertiary/aromatic N) is 1. The van der Waals surface area contributed by atoms with Gasteiger partial charge in [0.05, 0.1) is 15.6 Å². The first-order valence-electron chi connectivity index (χ1n) is 8.49. The SMILES string of the molecule is O=C(CCCN1C(=O)C(=Cc2ccc(Br)cc2)SC1=S)Nc1ccccc1Cl. The molecular weight excluding hydrogens is 480 g/mol. The number of thiocarbonyl (C=S) groups is 1. The Labute approximate surface area is 186 Å². The molecule has 144 valence electrons. The summed E-state index contributed by atoms with van der Waals surface area (Å²) < 4.78 is 1.49. The highest BCUT2D eigenvalue weighted by atomic mass is 79.9. The molecule has 4 nitrogen and oxygen atoms in total. The lowest BCUT2D eigenvalue weighted by atomic mass is 10.2. The summed E-state index contributed by atoms with van der Waals surface area (Å²) in [6.45, 7) is 0.401. The van der Waals surface area contributed by atoms with Crippen molar-refractivity contribution >= 4 is 79.4 Å². The van der Waals surface area contributed by atoms with Crippen LogP contribution in [-0.4, -0.2) is 27.6 Å². The summed E-state index contributed by atoms with van der Waals surface area (Å²) in [5, 5.41) is 3.27. The Morgan fingerprint density at radius 1 is 1.21 bits per heavy atom. The number of amides is 2. The first-order chi connectivity index (χ1) is 13.4. The predicted molar refractivity (Wildman–Crippen MR) is 123 cm³/mol. The highest BCUT2D eigenvalue weighted by Crippen LogP contribution is 2.33. The number of benzene rings is 2. The quantitative estimate of drug-likeness (QED) is 0.411. The molecule has 0 aromatic heterocycles. The lowest BCUT2D eigenvalue weighted by Crippen LogP contribution is -2.29. The molecule has 1 fully saturated rings. The number of carbonyl (C=O) groups is 2. The van der Waals surface area contributed by atoms with Crippen molar-refractivity contribution < 1.29 is 9.59 Å². The highest BCUT2D eigenvalue weighted by molar-refractivity contribution is 9.10. The number of halogens is 2. The molecule has 0 saturated carbocycles. The van der Waals surface area contributed by atoms with E-state index in [1.165, 1.54) is 11.8 Å². The van der Waals surface area contributed by atoms with Crippen LogP contribution in [0.3, 0.4) is 0 Å². The number of anilines is 1. The topological polar surface area (TPSA) is 49.4 Å². The molecule has 1 N–H and O–H groups in total. The molecule has 2 aromatic rings. The van der Waals surface area contributed by atoms with Gasteiger partial charge in [0, 0.05) is 17.4 Å². The first kappa shape index (κ1) is 21.0. The van der Waals surface area contributed by atoms with E-state index in [4.69, 9.17) is 23.8 Å². The molecule has 3 rings (SSSR count). The van der Waals surface area contributed by atoms with E-state index in [1.54, 1.807) is 29.2 Å². The van der Waals surface area contributed by atoms with E-state index < -0.39 is 0 Å². The van der Waals surface area contributed by atoms with Crippen LogP contribution < -0.4 is 5.32 Å². The second kappa shape index (κ2) is 9.69. The minimum Gasteiger partial charge on any atom is -0.325 e. The molecule has 1 aliphatic rings. The van der Waals surface area contributed by atoms with E-state index in [0.29, 0.717) is 32.9 Å². The smallest absolute Gasteiger partial charge is 0.266 e. The van der Waals surface area contributed by atoms with E-state index in [-0.39, 0.29) is 18.2 Å². The molecule has 1 aliphatic heterocycles. The third kappa shape index (κ3) is 5.44. The fraction of sp³-hybridized carbons (Fsp3) is 0.150. The average Bonchev–Trinajstić information content (AvgIpc) is 2.93. The Balaban J connectivity index is 1.54. The fourth-order valence-corrected chi connectivity index (χ4v) is 4.33. The van der Waals surface area contributed by atoms with Crippen molar-refractivity contribution in [3.05, 3.63) is 68.5 Å². The normalized spacial score (nSPS) is 15.4. The van der Waals surface area contributed by atoms with E-state index in [9.17, 15) is 9.59 Å². The number of hydrogen-bond acceptors (Lipinski definition) is 4. The van der Waals surface area contributed by atoms with Crippen LogP contribution in [-0.2, 0) is 9.59 Å². The maximum absolute atomic E-state index is 12.6. The highest BCUT2D eigenvalue weighted by Gasteiger charge is 2.31. The lowest BCUT2D eigenvalue weighted by Gasteiger charge is -2.14. The van der Waals surface area contributed by atoms with Crippen LogP contribution in [0.1, 0.15) is 18.4 Å². The third-order valence-electron chi connectivity index (χ3n) is 3.97. The molecular formula is C20H16BrClN2O2S2. The van der Waals surface area contributed by atoms with Crippen LogP contribution in [0.2, 0.25) is 5.02 Å². The Hall–Kier alpha value is -1.67. The summed E-state index contributed by atoms with van der Waals surface area (Å²) in [6, 6.07) is 14.8. The molecule has 1 heterocycles. The van der Waals surface area contributed by atoms with Gasteiger partial charge in [-0.1, -0.05) is 75.8 Å². The molecule has 28 heavy (non-hydrogen) atoms. The van der Waals surface area contributed by atoms with Gasteiger partial charge in [0.1, 0.15) is 4.32 Å². The molecule has 0 aliphatic carbocycles. The Kier molecular flexibility index (Phi) is 7.29. The van der Waals surface area contributed by atoms with Crippen LogP contribution in [0.15, 0.2) is 57.9 Å². The van der Waals surface area contributed by atoms with E-state index in [0.717, 1.165) is 10.0 Å². The van der Waals surface area contributed by atoms with Crippen molar-refractivity contribution in [2.24, 2.45) is 0 Å². The van der Waals surface area contributed by atoms with Gasteiger partial charge in [-0.25, -0.2) is 0 Å². The van der Waals surface area contributed by atoms with Crippen molar-refractivity contribution in [1.82, 2.24) is 4.90 Å². The number of thioether (sulfide) groups is 1. The van der Waals surface area contributed by atoms with Crippen molar-refractivity contribution in [3.8, 4) is 0 Å². The number of nitrogens with one attached hydrogen (secondary N) is 1. The molecule has 1 saturated heterocycles. The number of rotatable bonds is 6. The monoisotopic (exact) mass is 494 g/mol. The molecule has 8 heteroatoms. The first-order valence-corrected chi connectivity index (χ1v) is 10.9. The summed E-state index contributed by atoms with van der Waals surface area (Å²) >= 11 is 16.0. The zero-order valence-corrected chi connectivity index (χ0v) is 18.6. The average molecular weight is 496 g/mol. The van der Waals surface area contributed by atoms with Crippen molar-refractivity contribution in [2.75, 3.05) is 11.9 Å². The summed E-state index contributed by atoms with van der Waals surface area (Å²) in [7, 11) is 0. The fourth-order valence-electron chi connectivity index (χ4n) is 2.58. The van der Waals surface area contributed by atoms with Gasteiger partial charge in [-0.3, -0.25) is 14.5 Å². The second-order valence-corrected chi connectivity index (χ2v) is 9.02. The maximum Gasteiger partial charge on any atom is 0.266 e. The molecule has 0 atom stereocenters. The van der Waals surface area contributed by atoms with Crippen molar-refractivity contribution in [2.45, 2.75) is 12.8 Å². The van der Waals surface area contributed by atoms with Crippen LogP contribution in [0, 0.1) is 0 Å². The minimum absolute atomic E-state index is 0.121. The molecule has 0 bridgehead atoms. The van der Waals surface area contributed by atoms with Crippen molar-refractivity contribution in [3.63, 3.8) is 0 Å². The van der Waals surface area contributed by atoms with E-state index in [2.05, 4.69) is 21.2 Å². The van der Waals surface area contributed by atoms with Crippen LogP contribution in [0.5, 0.6) is 0 Å². The maximum atomic E-state index is 12.6. The van der Waals surface area contributed by atoms with Crippen molar-refractivity contribution in [1.29, 1.82) is 0 Å². The number of hydrogen-bond donors (Lipinski definition) is 1. The van der Waals surface area contributed by atoms with Gasteiger partial charge in [0.15, 0.2) is 0 Å². The van der Waals surface area contributed by atoms with Crippen LogP contribution in [0.25, 0.3) is 6.08 Å². The lowest BCUT2D eigenvalue weighted by molar-refractivity contribution is -0.122. The summed E-state index contributed by atoms with van der Waals surface area (Å²) in [5.41, 5.74) is 1.51. The molecule has 2 aromatic carbocycles. The van der Waals surface area contributed by atoms with Gasteiger partial charge < -0.3 is 5.32 Å². The predicted octanol–water partition coefficient (Wildman–Crippen LogP) is 5.72. The zero-order valence-electron chi connectivity index (χ0n) is 14.7. The zero-order chi connectivity index (χ0) is 20.1. The number of para-hydroxylation sites is 1. The van der Waals surface area contributed by atoms with Gasteiger partial charge in [-0.05, 0) is 42.3 Å². The van der Waals surface area contributed by atoms with Gasteiger partial charge >= 0.3 is 0 Å². The van der Waals surface area contributed by atoms with Gasteiger partial charge in [-0.2, -0.15) is 0 Å². The Morgan fingerprint density at radius 3 is 2.64 bits per heavy atom. The third-order valence-corrected chi connectivity index (χ3v) is 6.21. The Bertz CT molecular complexity index is 947. The molecule has 2 amide bonds. The minimum atomic E-state index is -0.149. The summed E-state index contributed by atoms with van der Waals surface area (Å²) in [5.74, 6) is -0.270. The molecule has 0 unspecified atom stereocenters.